The van der Waals surface area contributed by atoms with Gasteiger partial charge in [-0.2, -0.15) is 4.98 Å². The van der Waals surface area contributed by atoms with E-state index in [1.165, 1.54) is 12.1 Å². The van der Waals surface area contributed by atoms with Gasteiger partial charge in [0.2, 0.25) is 11.7 Å². The Labute approximate surface area is 171 Å². The molecule has 0 unspecified atom stereocenters. The second-order valence-electron chi connectivity index (χ2n) is 7.66. The van der Waals surface area contributed by atoms with Crippen molar-refractivity contribution in [1.82, 2.24) is 15.0 Å². The van der Waals surface area contributed by atoms with Crippen molar-refractivity contribution in [3.05, 3.63) is 66.3 Å². The summed E-state index contributed by atoms with van der Waals surface area (Å²) in [6, 6.07) is 17.3. The van der Waals surface area contributed by atoms with E-state index < -0.39 is 0 Å². The first kappa shape index (κ1) is 19.6. The normalized spacial score (nSPS) is 15.2. The van der Waals surface area contributed by atoms with E-state index in [4.69, 9.17) is 4.52 Å². The van der Waals surface area contributed by atoms with Crippen LogP contribution in [-0.4, -0.2) is 47.8 Å². The summed E-state index contributed by atoms with van der Waals surface area (Å²) < 4.78 is 18.5. The Kier molecular flexibility index (Phi) is 6.20. The topological polar surface area (TPSA) is 45.4 Å². The van der Waals surface area contributed by atoms with Crippen LogP contribution in [0.5, 0.6) is 0 Å². The van der Waals surface area contributed by atoms with Crippen molar-refractivity contribution < 1.29 is 8.91 Å². The summed E-state index contributed by atoms with van der Waals surface area (Å²) in [4.78, 5) is 9.29. The Bertz CT molecular complexity index is 889. The molecular weight excluding hydrogens is 367 g/mol. The summed E-state index contributed by atoms with van der Waals surface area (Å²) in [5, 5.41) is 4.09. The monoisotopic (exact) mass is 394 g/mol. The SMILES string of the molecule is CN(CCCc1nc(-c2ccccc2)no1)C1CCN(c2ccc(F)cc2)CC1. The lowest BCUT2D eigenvalue weighted by molar-refractivity contribution is 0.204. The molecule has 6 heteroatoms. The van der Waals surface area contributed by atoms with Crippen LogP contribution >= 0.6 is 0 Å². The molecule has 1 aliphatic heterocycles. The maximum Gasteiger partial charge on any atom is 0.227 e. The number of anilines is 1. The molecular formula is C23H27FN4O. The summed E-state index contributed by atoms with van der Waals surface area (Å²) in [5.41, 5.74) is 2.09. The number of benzene rings is 2. The third-order valence-corrected chi connectivity index (χ3v) is 5.68. The van der Waals surface area contributed by atoms with Crippen molar-refractivity contribution in [1.29, 1.82) is 0 Å². The van der Waals surface area contributed by atoms with Crippen LogP contribution in [0, 0.1) is 5.82 Å². The van der Waals surface area contributed by atoms with Crippen LogP contribution in [0.4, 0.5) is 10.1 Å². The molecule has 5 nitrogen and oxygen atoms in total. The van der Waals surface area contributed by atoms with Crippen LogP contribution in [0.2, 0.25) is 0 Å². The molecule has 0 radical (unpaired) electrons. The van der Waals surface area contributed by atoms with E-state index in [0.717, 1.165) is 56.6 Å². The van der Waals surface area contributed by atoms with Crippen LogP contribution in [-0.2, 0) is 6.42 Å². The van der Waals surface area contributed by atoms with Crippen molar-refractivity contribution in [3.8, 4) is 11.4 Å². The molecule has 0 spiro atoms. The first-order valence-electron chi connectivity index (χ1n) is 10.3. The van der Waals surface area contributed by atoms with Crippen molar-refractivity contribution in [2.24, 2.45) is 0 Å². The van der Waals surface area contributed by atoms with E-state index in [1.807, 2.05) is 42.5 Å². The third kappa shape index (κ3) is 5.01. The summed E-state index contributed by atoms with van der Waals surface area (Å²) in [5.74, 6) is 1.17. The highest BCUT2D eigenvalue weighted by atomic mass is 19.1. The molecule has 2 aromatic carbocycles. The lowest BCUT2D eigenvalue weighted by Gasteiger charge is -2.38. The first-order chi connectivity index (χ1) is 14.2. The highest BCUT2D eigenvalue weighted by Gasteiger charge is 2.22. The molecule has 0 atom stereocenters. The number of aryl methyl sites for hydroxylation is 1. The zero-order valence-corrected chi connectivity index (χ0v) is 16.8. The van der Waals surface area contributed by atoms with E-state index >= 15 is 0 Å². The predicted octanol–water partition coefficient (Wildman–Crippen LogP) is 4.41. The Morgan fingerprint density at radius 3 is 2.52 bits per heavy atom. The molecule has 4 rings (SSSR count). The highest BCUT2D eigenvalue weighted by molar-refractivity contribution is 5.53. The minimum Gasteiger partial charge on any atom is -0.371 e. The lowest BCUT2D eigenvalue weighted by Crippen LogP contribution is -2.43. The van der Waals surface area contributed by atoms with Gasteiger partial charge in [0.05, 0.1) is 0 Å². The molecule has 152 valence electrons. The standard InChI is InChI=1S/C23H27FN4O/c1-27(20-13-16-28(17-14-20)21-11-9-19(24)10-12-21)15-5-8-22-25-23(26-29-22)18-6-3-2-4-7-18/h2-4,6-7,9-12,20H,5,8,13-17H2,1H3. The predicted molar refractivity (Wildman–Crippen MR) is 112 cm³/mol. The maximum absolute atomic E-state index is 13.1. The number of hydrogen-bond donors (Lipinski definition) is 0. The van der Waals surface area contributed by atoms with E-state index in [9.17, 15) is 4.39 Å². The van der Waals surface area contributed by atoms with E-state index in [0.29, 0.717) is 17.8 Å². The fraction of sp³-hybridized carbons (Fsp3) is 0.391. The molecule has 1 aliphatic rings. The molecule has 29 heavy (non-hydrogen) atoms. The summed E-state index contributed by atoms with van der Waals surface area (Å²) in [6.07, 6.45) is 4.02. The maximum atomic E-state index is 13.1. The second kappa shape index (κ2) is 9.18. The van der Waals surface area contributed by atoms with Gasteiger partial charge in [0, 0.05) is 36.8 Å². The Balaban J connectivity index is 1.21. The number of nitrogens with zero attached hydrogens (tertiary/aromatic N) is 4. The van der Waals surface area contributed by atoms with Gasteiger partial charge >= 0.3 is 0 Å². The smallest absolute Gasteiger partial charge is 0.227 e. The van der Waals surface area contributed by atoms with Gasteiger partial charge in [-0.3, -0.25) is 0 Å². The molecule has 2 heterocycles. The van der Waals surface area contributed by atoms with Crippen molar-refractivity contribution in [2.75, 3.05) is 31.6 Å². The highest BCUT2D eigenvalue weighted by Crippen LogP contribution is 2.23. The first-order valence-corrected chi connectivity index (χ1v) is 10.3. The molecule has 0 aliphatic carbocycles. The Hall–Kier alpha value is -2.73. The molecule has 0 N–H and O–H groups in total. The molecule has 1 saturated heterocycles. The summed E-state index contributed by atoms with van der Waals surface area (Å²) in [6.45, 7) is 3.01. The number of hydrogen-bond acceptors (Lipinski definition) is 5. The van der Waals surface area contributed by atoms with Crippen molar-refractivity contribution in [3.63, 3.8) is 0 Å². The molecule has 0 amide bonds. The van der Waals surface area contributed by atoms with Crippen LogP contribution < -0.4 is 4.90 Å². The van der Waals surface area contributed by atoms with Crippen molar-refractivity contribution >= 4 is 5.69 Å². The minimum absolute atomic E-state index is 0.180. The van der Waals surface area contributed by atoms with E-state index in [1.54, 1.807) is 0 Å². The fourth-order valence-electron chi connectivity index (χ4n) is 3.94. The van der Waals surface area contributed by atoms with Crippen LogP contribution in [0.15, 0.2) is 59.1 Å². The fourth-order valence-corrected chi connectivity index (χ4v) is 3.94. The van der Waals surface area contributed by atoms with Gasteiger partial charge in [-0.1, -0.05) is 35.5 Å². The van der Waals surface area contributed by atoms with Gasteiger partial charge in [0.1, 0.15) is 5.82 Å². The molecule has 1 fully saturated rings. The number of piperidine rings is 1. The Morgan fingerprint density at radius 2 is 1.79 bits per heavy atom. The largest absolute Gasteiger partial charge is 0.371 e. The zero-order chi connectivity index (χ0) is 20.1. The van der Waals surface area contributed by atoms with Crippen molar-refractivity contribution in [2.45, 2.75) is 31.7 Å². The second-order valence-corrected chi connectivity index (χ2v) is 7.66. The number of halogens is 1. The van der Waals surface area contributed by atoms with Gasteiger partial charge in [-0.05, 0) is 57.1 Å². The van der Waals surface area contributed by atoms with Crippen LogP contribution in [0.3, 0.4) is 0 Å². The van der Waals surface area contributed by atoms with Gasteiger partial charge in [-0.15, -0.1) is 0 Å². The van der Waals surface area contributed by atoms with Gasteiger partial charge in [-0.25, -0.2) is 4.39 Å². The lowest BCUT2D eigenvalue weighted by atomic mass is 10.0. The average Bonchev–Trinajstić information content (AvgIpc) is 3.24. The minimum atomic E-state index is -0.180. The molecule has 0 bridgehead atoms. The summed E-state index contributed by atoms with van der Waals surface area (Å²) >= 11 is 0. The average molecular weight is 394 g/mol. The zero-order valence-electron chi connectivity index (χ0n) is 16.8. The number of aromatic nitrogens is 2. The molecule has 0 saturated carbocycles. The quantitative estimate of drug-likeness (QED) is 0.594. The Morgan fingerprint density at radius 1 is 1.07 bits per heavy atom. The van der Waals surface area contributed by atoms with Gasteiger partial charge in [0.25, 0.3) is 0 Å². The van der Waals surface area contributed by atoms with Crippen LogP contribution in [0.1, 0.15) is 25.2 Å². The van der Waals surface area contributed by atoms with Gasteiger partial charge < -0.3 is 14.3 Å². The van der Waals surface area contributed by atoms with E-state index in [2.05, 4.69) is 27.0 Å². The number of rotatable bonds is 7. The molecule has 3 aromatic rings. The third-order valence-electron chi connectivity index (χ3n) is 5.68. The van der Waals surface area contributed by atoms with E-state index in [-0.39, 0.29) is 5.82 Å². The molecule has 1 aromatic heterocycles. The van der Waals surface area contributed by atoms with Crippen LogP contribution in [0.25, 0.3) is 11.4 Å². The summed E-state index contributed by atoms with van der Waals surface area (Å²) in [7, 11) is 2.20. The van der Waals surface area contributed by atoms with Gasteiger partial charge in [0.15, 0.2) is 0 Å².